The summed E-state index contributed by atoms with van der Waals surface area (Å²) < 4.78 is 6.04. The third-order valence-corrected chi connectivity index (χ3v) is 3.91. The van der Waals surface area contributed by atoms with Crippen molar-refractivity contribution < 1.29 is 9.84 Å². The van der Waals surface area contributed by atoms with Crippen LogP contribution in [-0.4, -0.2) is 30.0 Å². The average molecular weight is 213 g/mol. The molecule has 4 unspecified atom stereocenters. The molecule has 0 aromatic carbocycles. The van der Waals surface area contributed by atoms with Gasteiger partial charge in [-0.2, -0.15) is 0 Å². The van der Waals surface area contributed by atoms with Gasteiger partial charge in [0.25, 0.3) is 0 Å². The Bertz CT molecular complexity index is 198. The van der Waals surface area contributed by atoms with Crippen LogP contribution in [0.5, 0.6) is 0 Å². The molecule has 15 heavy (non-hydrogen) atoms. The molecular weight excluding hydrogens is 190 g/mol. The van der Waals surface area contributed by atoms with E-state index in [1.54, 1.807) is 0 Å². The Balaban J connectivity index is 1.84. The van der Waals surface area contributed by atoms with E-state index in [1.165, 1.54) is 19.3 Å². The van der Waals surface area contributed by atoms with E-state index in [-0.39, 0.29) is 12.2 Å². The summed E-state index contributed by atoms with van der Waals surface area (Å²) in [6.07, 6.45) is 7.99. The van der Waals surface area contributed by atoms with Crippen molar-refractivity contribution in [2.24, 2.45) is 11.7 Å². The minimum absolute atomic E-state index is 0.0795. The third-order valence-electron chi connectivity index (χ3n) is 3.91. The molecule has 2 fully saturated rings. The van der Waals surface area contributed by atoms with Crippen molar-refractivity contribution in [1.29, 1.82) is 0 Å². The molecule has 4 atom stereocenters. The zero-order chi connectivity index (χ0) is 10.7. The molecule has 3 heteroatoms. The fraction of sp³-hybridized carbons (Fsp3) is 1.00. The second-order valence-corrected chi connectivity index (χ2v) is 4.99. The SMILES string of the molecule is NCC1CCCC1OC1CCCCC1O. The maximum atomic E-state index is 9.83. The lowest BCUT2D eigenvalue weighted by Crippen LogP contribution is -2.38. The van der Waals surface area contributed by atoms with Gasteiger partial charge in [0.2, 0.25) is 0 Å². The number of aliphatic hydroxyl groups excluding tert-OH is 1. The molecule has 0 aromatic heterocycles. The van der Waals surface area contributed by atoms with E-state index in [9.17, 15) is 5.11 Å². The van der Waals surface area contributed by atoms with Gasteiger partial charge < -0.3 is 15.6 Å². The van der Waals surface area contributed by atoms with Crippen molar-refractivity contribution in [3.63, 3.8) is 0 Å². The standard InChI is InChI=1S/C12H23NO2/c13-8-9-4-3-7-11(9)15-12-6-2-1-5-10(12)14/h9-12,14H,1-8,13H2. The Labute approximate surface area is 92.0 Å². The molecule has 0 bridgehead atoms. The molecule has 0 spiro atoms. The Morgan fingerprint density at radius 2 is 1.73 bits per heavy atom. The first-order valence-electron chi connectivity index (χ1n) is 6.35. The van der Waals surface area contributed by atoms with Crippen molar-refractivity contribution in [3.8, 4) is 0 Å². The average Bonchev–Trinajstić information content (AvgIpc) is 2.69. The summed E-state index contributed by atoms with van der Waals surface area (Å²) in [5, 5.41) is 9.83. The van der Waals surface area contributed by atoms with Crippen LogP contribution in [0, 0.1) is 5.92 Å². The molecule has 0 radical (unpaired) electrons. The number of hydrogen-bond donors (Lipinski definition) is 2. The van der Waals surface area contributed by atoms with Gasteiger partial charge in [0.15, 0.2) is 0 Å². The summed E-state index contributed by atoms with van der Waals surface area (Å²) in [7, 11) is 0. The lowest BCUT2D eigenvalue weighted by Gasteiger charge is -2.32. The second kappa shape index (κ2) is 5.28. The molecule has 88 valence electrons. The van der Waals surface area contributed by atoms with Crippen LogP contribution in [0.4, 0.5) is 0 Å². The van der Waals surface area contributed by atoms with Crippen molar-refractivity contribution >= 4 is 0 Å². The van der Waals surface area contributed by atoms with Crippen molar-refractivity contribution in [2.75, 3.05) is 6.54 Å². The maximum Gasteiger partial charge on any atom is 0.0837 e. The van der Waals surface area contributed by atoms with E-state index in [1.807, 2.05) is 0 Å². The van der Waals surface area contributed by atoms with Gasteiger partial charge in [0.1, 0.15) is 0 Å². The molecule has 2 aliphatic carbocycles. The quantitative estimate of drug-likeness (QED) is 0.745. The highest BCUT2D eigenvalue weighted by Gasteiger charge is 2.32. The lowest BCUT2D eigenvalue weighted by atomic mass is 9.94. The largest absolute Gasteiger partial charge is 0.390 e. The summed E-state index contributed by atoms with van der Waals surface area (Å²) in [6.45, 7) is 0.730. The van der Waals surface area contributed by atoms with E-state index >= 15 is 0 Å². The molecule has 0 aromatic rings. The molecule has 0 amide bonds. The van der Waals surface area contributed by atoms with Gasteiger partial charge in [-0.15, -0.1) is 0 Å². The predicted molar refractivity (Wildman–Crippen MR) is 59.5 cm³/mol. The summed E-state index contributed by atoms with van der Waals surface area (Å²) >= 11 is 0. The van der Waals surface area contributed by atoms with Gasteiger partial charge >= 0.3 is 0 Å². The number of aliphatic hydroxyl groups is 1. The molecule has 3 N–H and O–H groups in total. The molecule has 0 aliphatic heterocycles. The van der Waals surface area contributed by atoms with E-state index in [4.69, 9.17) is 10.5 Å². The van der Waals surface area contributed by atoms with Crippen LogP contribution in [0.25, 0.3) is 0 Å². The summed E-state index contributed by atoms with van der Waals surface area (Å²) in [4.78, 5) is 0. The molecule has 0 heterocycles. The van der Waals surface area contributed by atoms with E-state index in [0.29, 0.717) is 12.0 Å². The van der Waals surface area contributed by atoms with E-state index in [0.717, 1.165) is 32.2 Å². The highest BCUT2D eigenvalue weighted by Crippen LogP contribution is 2.31. The Hall–Kier alpha value is -0.120. The van der Waals surface area contributed by atoms with Gasteiger partial charge in [-0.25, -0.2) is 0 Å². The number of hydrogen-bond acceptors (Lipinski definition) is 3. The lowest BCUT2D eigenvalue weighted by molar-refractivity contribution is -0.103. The summed E-state index contributed by atoms with van der Waals surface area (Å²) in [5.74, 6) is 0.527. The van der Waals surface area contributed by atoms with Gasteiger partial charge in [0.05, 0.1) is 18.3 Å². The van der Waals surface area contributed by atoms with E-state index < -0.39 is 0 Å². The van der Waals surface area contributed by atoms with Gasteiger partial charge in [-0.05, 0) is 38.1 Å². The normalized spacial score (nSPS) is 42.0. The van der Waals surface area contributed by atoms with Gasteiger partial charge in [0, 0.05) is 0 Å². The second-order valence-electron chi connectivity index (χ2n) is 4.99. The smallest absolute Gasteiger partial charge is 0.0837 e. The summed E-state index contributed by atoms with van der Waals surface area (Å²) in [5.41, 5.74) is 5.72. The Morgan fingerprint density at radius 1 is 1.00 bits per heavy atom. The van der Waals surface area contributed by atoms with Gasteiger partial charge in [-0.1, -0.05) is 19.3 Å². The Morgan fingerprint density at radius 3 is 2.47 bits per heavy atom. The predicted octanol–water partition coefficient (Wildman–Crippen LogP) is 1.43. The van der Waals surface area contributed by atoms with E-state index in [2.05, 4.69) is 0 Å². The third kappa shape index (κ3) is 2.71. The topological polar surface area (TPSA) is 55.5 Å². The minimum atomic E-state index is -0.238. The van der Waals surface area contributed by atoms with Crippen LogP contribution in [0.1, 0.15) is 44.9 Å². The molecule has 2 saturated carbocycles. The van der Waals surface area contributed by atoms with Crippen molar-refractivity contribution in [3.05, 3.63) is 0 Å². The molecule has 0 saturated heterocycles. The molecule has 2 rings (SSSR count). The maximum absolute atomic E-state index is 9.83. The zero-order valence-corrected chi connectivity index (χ0v) is 9.40. The highest BCUT2D eigenvalue weighted by molar-refractivity contribution is 4.83. The summed E-state index contributed by atoms with van der Waals surface area (Å²) in [6, 6.07) is 0. The van der Waals surface area contributed by atoms with Crippen LogP contribution in [-0.2, 0) is 4.74 Å². The molecular formula is C12H23NO2. The molecule has 2 aliphatic rings. The fourth-order valence-electron chi connectivity index (χ4n) is 2.91. The van der Waals surface area contributed by atoms with Crippen LogP contribution in [0.3, 0.4) is 0 Å². The first kappa shape index (κ1) is 11.4. The van der Waals surface area contributed by atoms with Crippen LogP contribution < -0.4 is 5.73 Å². The monoisotopic (exact) mass is 213 g/mol. The van der Waals surface area contributed by atoms with Crippen LogP contribution in [0.2, 0.25) is 0 Å². The number of ether oxygens (including phenoxy) is 1. The fourth-order valence-corrected chi connectivity index (χ4v) is 2.91. The highest BCUT2D eigenvalue weighted by atomic mass is 16.5. The van der Waals surface area contributed by atoms with Crippen molar-refractivity contribution in [1.82, 2.24) is 0 Å². The van der Waals surface area contributed by atoms with Crippen molar-refractivity contribution in [2.45, 2.75) is 63.3 Å². The van der Waals surface area contributed by atoms with Crippen LogP contribution in [0.15, 0.2) is 0 Å². The minimum Gasteiger partial charge on any atom is -0.390 e. The molecule has 3 nitrogen and oxygen atoms in total. The van der Waals surface area contributed by atoms with Gasteiger partial charge in [-0.3, -0.25) is 0 Å². The Kier molecular flexibility index (Phi) is 4.00. The first-order valence-corrected chi connectivity index (χ1v) is 6.35. The number of nitrogens with two attached hydrogens (primary N) is 1. The number of rotatable bonds is 3. The van der Waals surface area contributed by atoms with Crippen LogP contribution >= 0.6 is 0 Å². The first-order chi connectivity index (χ1) is 7.31. The zero-order valence-electron chi connectivity index (χ0n) is 9.40.